The molecule has 3 nitrogen and oxygen atoms in total. The van der Waals surface area contributed by atoms with Gasteiger partial charge in [0.25, 0.3) is 0 Å². The van der Waals surface area contributed by atoms with Crippen LogP contribution in [-0.2, 0) is 0 Å². The normalized spacial score (nSPS) is 11.9. The lowest BCUT2D eigenvalue weighted by molar-refractivity contribution is 0.635. The summed E-state index contributed by atoms with van der Waals surface area (Å²) in [6.45, 7) is 2.05. The maximum Gasteiger partial charge on any atom is 0.0639 e. The monoisotopic (exact) mass is 209 g/mol. The third kappa shape index (κ3) is 2.66. The summed E-state index contributed by atoms with van der Waals surface area (Å²) in [7, 11) is 0. The summed E-state index contributed by atoms with van der Waals surface area (Å²) in [5.74, 6) is 0. The molecule has 1 aromatic carbocycles. The van der Waals surface area contributed by atoms with Gasteiger partial charge in [-0.25, -0.2) is 0 Å². The third-order valence-electron chi connectivity index (χ3n) is 2.02. The molecule has 0 aliphatic rings. The summed E-state index contributed by atoms with van der Waals surface area (Å²) in [5.41, 5.74) is 9.34. The lowest BCUT2D eigenvalue weighted by atomic mass is 10.0. The van der Waals surface area contributed by atoms with Crippen LogP contribution in [0.1, 0.15) is 31.4 Å². The number of nitrogens with zero attached hydrogens (tertiary/aromatic N) is 3. The minimum absolute atomic E-state index is 0.140. The molecule has 0 aliphatic heterocycles. The zero-order chi connectivity index (χ0) is 10.4. The third-order valence-corrected chi connectivity index (χ3v) is 2.36. The first-order chi connectivity index (χ1) is 6.79. The molecule has 14 heavy (non-hydrogen) atoms. The molecule has 1 rings (SSSR count). The van der Waals surface area contributed by atoms with Gasteiger partial charge >= 0.3 is 0 Å². The standard InChI is InChI=1S/C10H12ClN3/c1-2-5-10(13-14-12)8-6-3-4-7-9(8)11/h3-4,6-7,10H,2,5H2,1H3. The number of benzene rings is 1. The Morgan fingerprint density at radius 1 is 1.50 bits per heavy atom. The average Bonchev–Trinajstić information content (AvgIpc) is 2.18. The van der Waals surface area contributed by atoms with E-state index in [9.17, 15) is 0 Å². The van der Waals surface area contributed by atoms with E-state index in [4.69, 9.17) is 17.1 Å². The summed E-state index contributed by atoms with van der Waals surface area (Å²) in [6, 6.07) is 7.34. The van der Waals surface area contributed by atoms with Crippen molar-refractivity contribution in [2.24, 2.45) is 5.11 Å². The predicted octanol–water partition coefficient (Wildman–Crippen LogP) is 4.49. The fraction of sp³-hybridized carbons (Fsp3) is 0.400. The van der Waals surface area contributed by atoms with Crippen molar-refractivity contribution in [2.75, 3.05) is 0 Å². The van der Waals surface area contributed by atoms with E-state index in [2.05, 4.69) is 16.9 Å². The van der Waals surface area contributed by atoms with Crippen LogP contribution in [0.3, 0.4) is 0 Å². The van der Waals surface area contributed by atoms with Crippen LogP contribution in [-0.4, -0.2) is 0 Å². The Hall–Kier alpha value is -1.18. The second kappa shape index (κ2) is 5.53. The molecule has 0 spiro atoms. The van der Waals surface area contributed by atoms with Crippen molar-refractivity contribution in [2.45, 2.75) is 25.8 Å². The molecule has 1 aromatic rings. The van der Waals surface area contributed by atoms with Crippen molar-refractivity contribution in [3.8, 4) is 0 Å². The molecular weight excluding hydrogens is 198 g/mol. The Morgan fingerprint density at radius 2 is 2.21 bits per heavy atom. The van der Waals surface area contributed by atoms with E-state index in [-0.39, 0.29) is 6.04 Å². The van der Waals surface area contributed by atoms with E-state index in [1.54, 1.807) is 0 Å². The number of azide groups is 1. The van der Waals surface area contributed by atoms with Gasteiger partial charge in [-0.1, -0.05) is 48.3 Å². The van der Waals surface area contributed by atoms with Crippen LogP contribution in [0.25, 0.3) is 10.4 Å². The van der Waals surface area contributed by atoms with Crippen LogP contribution in [0.15, 0.2) is 29.4 Å². The van der Waals surface area contributed by atoms with Gasteiger partial charge in [0.15, 0.2) is 0 Å². The quantitative estimate of drug-likeness (QED) is 0.399. The zero-order valence-electron chi connectivity index (χ0n) is 8.02. The molecule has 0 fully saturated rings. The highest BCUT2D eigenvalue weighted by Gasteiger charge is 2.10. The van der Waals surface area contributed by atoms with Crippen molar-refractivity contribution < 1.29 is 0 Å². The van der Waals surface area contributed by atoms with Crippen LogP contribution in [0, 0.1) is 0 Å². The lowest BCUT2D eigenvalue weighted by Gasteiger charge is -2.11. The maximum atomic E-state index is 8.43. The Bertz CT molecular complexity index is 345. The predicted molar refractivity (Wildman–Crippen MR) is 58.2 cm³/mol. The number of rotatable bonds is 4. The molecule has 0 bridgehead atoms. The Labute approximate surface area is 88.3 Å². The van der Waals surface area contributed by atoms with E-state index >= 15 is 0 Å². The molecule has 0 amide bonds. The van der Waals surface area contributed by atoms with E-state index in [1.165, 1.54) is 0 Å². The van der Waals surface area contributed by atoms with Crippen LogP contribution in [0.4, 0.5) is 0 Å². The van der Waals surface area contributed by atoms with Crippen molar-refractivity contribution >= 4 is 11.6 Å². The fourth-order valence-corrected chi connectivity index (χ4v) is 1.62. The van der Waals surface area contributed by atoms with Crippen LogP contribution in [0.2, 0.25) is 5.02 Å². The number of hydrogen-bond acceptors (Lipinski definition) is 1. The van der Waals surface area contributed by atoms with Gasteiger partial charge in [0, 0.05) is 9.93 Å². The van der Waals surface area contributed by atoms with Crippen molar-refractivity contribution in [1.82, 2.24) is 0 Å². The van der Waals surface area contributed by atoms with E-state index in [0.29, 0.717) is 5.02 Å². The highest BCUT2D eigenvalue weighted by molar-refractivity contribution is 6.31. The van der Waals surface area contributed by atoms with Crippen molar-refractivity contribution in [1.29, 1.82) is 0 Å². The van der Waals surface area contributed by atoms with Crippen molar-refractivity contribution in [3.63, 3.8) is 0 Å². The first-order valence-electron chi connectivity index (χ1n) is 4.58. The molecule has 0 saturated carbocycles. The number of hydrogen-bond donors (Lipinski definition) is 0. The maximum absolute atomic E-state index is 8.43. The molecule has 0 saturated heterocycles. The second-order valence-electron chi connectivity index (χ2n) is 3.03. The van der Waals surface area contributed by atoms with Crippen molar-refractivity contribution in [3.05, 3.63) is 45.3 Å². The van der Waals surface area contributed by atoms with Crippen LogP contribution in [0.5, 0.6) is 0 Å². The summed E-state index contributed by atoms with van der Waals surface area (Å²) < 4.78 is 0. The minimum Gasteiger partial charge on any atom is -0.0859 e. The number of halogens is 1. The first-order valence-corrected chi connectivity index (χ1v) is 4.96. The summed E-state index contributed by atoms with van der Waals surface area (Å²) in [5, 5.41) is 4.41. The molecule has 0 radical (unpaired) electrons. The first kappa shape index (κ1) is 10.9. The fourth-order valence-electron chi connectivity index (χ4n) is 1.36. The van der Waals surface area contributed by atoms with Gasteiger partial charge in [-0.15, -0.1) is 0 Å². The zero-order valence-corrected chi connectivity index (χ0v) is 8.78. The molecular formula is C10H12ClN3. The van der Waals surface area contributed by atoms with Gasteiger partial charge < -0.3 is 0 Å². The van der Waals surface area contributed by atoms with Crippen LogP contribution < -0.4 is 0 Å². The molecule has 1 unspecified atom stereocenters. The van der Waals surface area contributed by atoms with Crippen LogP contribution >= 0.6 is 11.6 Å². The molecule has 0 aliphatic carbocycles. The molecule has 74 valence electrons. The highest BCUT2D eigenvalue weighted by Crippen LogP contribution is 2.28. The van der Waals surface area contributed by atoms with E-state index < -0.39 is 0 Å². The van der Waals surface area contributed by atoms with Gasteiger partial charge in [0.1, 0.15) is 0 Å². The Balaban J connectivity index is 2.98. The Morgan fingerprint density at radius 3 is 2.79 bits per heavy atom. The summed E-state index contributed by atoms with van der Waals surface area (Å²) in [6.07, 6.45) is 1.79. The second-order valence-corrected chi connectivity index (χ2v) is 3.44. The average molecular weight is 210 g/mol. The molecule has 4 heteroatoms. The topological polar surface area (TPSA) is 48.8 Å². The molecule has 1 atom stereocenters. The molecule has 0 heterocycles. The lowest BCUT2D eigenvalue weighted by Crippen LogP contribution is -1.94. The van der Waals surface area contributed by atoms with Gasteiger partial charge in [0.2, 0.25) is 0 Å². The smallest absolute Gasteiger partial charge is 0.0639 e. The Kier molecular flexibility index (Phi) is 4.30. The van der Waals surface area contributed by atoms with Gasteiger partial charge in [0.05, 0.1) is 6.04 Å². The van der Waals surface area contributed by atoms with Gasteiger partial charge in [-0.3, -0.25) is 0 Å². The summed E-state index contributed by atoms with van der Waals surface area (Å²) in [4.78, 5) is 2.84. The molecule has 0 N–H and O–H groups in total. The minimum atomic E-state index is -0.140. The SMILES string of the molecule is CCCC(N=[N+]=[N-])c1ccccc1Cl. The van der Waals surface area contributed by atoms with E-state index in [0.717, 1.165) is 18.4 Å². The van der Waals surface area contributed by atoms with E-state index in [1.807, 2.05) is 24.3 Å². The van der Waals surface area contributed by atoms with Gasteiger partial charge in [-0.2, -0.15) is 0 Å². The summed E-state index contributed by atoms with van der Waals surface area (Å²) >= 11 is 6.01. The largest absolute Gasteiger partial charge is 0.0859 e. The molecule has 0 aromatic heterocycles. The van der Waals surface area contributed by atoms with Gasteiger partial charge in [-0.05, 0) is 23.6 Å². The highest BCUT2D eigenvalue weighted by atomic mass is 35.5.